The predicted octanol–water partition coefficient (Wildman–Crippen LogP) is 3.95. The highest BCUT2D eigenvalue weighted by molar-refractivity contribution is 6.03. The largest absolute Gasteiger partial charge is 0.416 e. The van der Waals surface area contributed by atoms with Gasteiger partial charge < -0.3 is 10.6 Å². The number of amides is 1. The normalized spacial score (nSPS) is 17.5. The van der Waals surface area contributed by atoms with Crippen molar-refractivity contribution in [2.75, 3.05) is 10.6 Å². The van der Waals surface area contributed by atoms with Crippen LogP contribution in [0.5, 0.6) is 0 Å². The van der Waals surface area contributed by atoms with Crippen LogP contribution in [0.3, 0.4) is 0 Å². The zero-order valence-corrected chi connectivity index (χ0v) is 11.0. The van der Waals surface area contributed by atoms with E-state index in [1.165, 1.54) is 24.3 Å². The number of benzene rings is 2. The van der Waals surface area contributed by atoms with Gasteiger partial charge in [0, 0.05) is 0 Å². The fraction of sp³-hybridized carbons (Fsp3) is 0.133. The van der Waals surface area contributed by atoms with Crippen LogP contribution in [0.1, 0.15) is 17.2 Å². The average Bonchev–Trinajstić information content (AvgIpc) is 2.47. The van der Waals surface area contributed by atoms with Crippen LogP contribution in [-0.4, -0.2) is 5.91 Å². The van der Waals surface area contributed by atoms with Gasteiger partial charge in [-0.05, 0) is 29.8 Å². The van der Waals surface area contributed by atoms with E-state index in [2.05, 4.69) is 10.6 Å². The first-order chi connectivity index (χ1) is 10.4. The number of halogens is 4. The molecule has 22 heavy (non-hydrogen) atoms. The van der Waals surface area contributed by atoms with Crippen molar-refractivity contribution in [3.8, 4) is 0 Å². The standard InChI is InChI=1S/C15H10F4N2O/c16-10-2-1-3-11-13(10)21-14(22)12(20-11)8-4-6-9(7-5-8)15(17,18)19/h1-7,12,20H,(H,21,22)/t12-/m0/s1. The van der Waals surface area contributed by atoms with E-state index in [1.807, 2.05) is 0 Å². The third kappa shape index (κ3) is 2.49. The SMILES string of the molecule is O=C1Nc2c(F)cccc2N[C@H]1c1ccc(C(F)(F)F)cc1. The van der Waals surface area contributed by atoms with Crippen molar-refractivity contribution in [2.24, 2.45) is 0 Å². The van der Waals surface area contributed by atoms with Crippen LogP contribution in [0.25, 0.3) is 0 Å². The minimum absolute atomic E-state index is 0.0376. The highest BCUT2D eigenvalue weighted by Gasteiger charge is 2.32. The molecule has 0 aliphatic carbocycles. The Balaban J connectivity index is 1.91. The van der Waals surface area contributed by atoms with Crippen LogP contribution in [0.4, 0.5) is 28.9 Å². The predicted molar refractivity (Wildman–Crippen MR) is 72.8 cm³/mol. The van der Waals surface area contributed by atoms with Crippen molar-refractivity contribution in [3.63, 3.8) is 0 Å². The first kappa shape index (κ1) is 14.4. The summed E-state index contributed by atoms with van der Waals surface area (Å²) >= 11 is 0. The average molecular weight is 310 g/mol. The molecular formula is C15H10F4N2O. The summed E-state index contributed by atoms with van der Waals surface area (Å²) in [7, 11) is 0. The van der Waals surface area contributed by atoms with E-state index in [0.717, 1.165) is 12.1 Å². The molecule has 0 saturated carbocycles. The van der Waals surface area contributed by atoms with Crippen LogP contribution in [0.2, 0.25) is 0 Å². The van der Waals surface area contributed by atoms with Crippen LogP contribution < -0.4 is 10.6 Å². The maximum Gasteiger partial charge on any atom is 0.416 e. The highest BCUT2D eigenvalue weighted by atomic mass is 19.4. The minimum atomic E-state index is -4.43. The Labute approximate surface area is 123 Å². The summed E-state index contributed by atoms with van der Waals surface area (Å²) in [6.45, 7) is 0. The highest BCUT2D eigenvalue weighted by Crippen LogP contribution is 2.35. The fourth-order valence-corrected chi connectivity index (χ4v) is 2.29. The summed E-state index contributed by atoms with van der Waals surface area (Å²) in [6, 6.07) is 7.65. The van der Waals surface area contributed by atoms with Gasteiger partial charge in [0.2, 0.25) is 0 Å². The summed E-state index contributed by atoms with van der Waals surface area (Å²) < 4.78 is 51.2. The van der Waals surface area contributed by atoms with E-state index < -0.39 is 29.5 Å². The van der Waals surface area contributed by atoms with Crippen LogP contribution in [0.15, 0.2) is 42.5 Å². The molecular weight excluding hydrogens is 300 g/mol. The smallest absolute Gasteiger partial charge is 0.368 e. The Morgan fingerprint density at radius 2 is 1.68 bits per heavy atom. The van der Waals surface area contributed by atoms with Crippen molar-refractivity contribution < 1.29 is 22.4 Å². The van der Waals surface area contributed by atoms with Gasteiger partial charge in [-0.2, -0.15) is 13.2 Å². The molecule has 0 aromatic heterocycles. The third-order valence-corrected chi connectivity index (χ3v) is 3.40. The maximum absolute atomic E-state index is 13.6. The number of para-hydroxylation sites is 1. The second-order valence-corrected chi connectivity index (χ2v) is 4.85. The van der Waals surface area contributed by atoms with Crippen LogP contribution >= 0.6 is 0 Å². The maximum atomic E-state index is 13.6. The lowest BCUT2D eigenvalue weighted by Gasteiger charge is -2.27. The van der Waals surface area contributed by atoms with Gasteiger partial charge in [-0.15, -0.1) is 0 Å². The zero-order chi connectivity index (χ0) is 15.9. The molecule has 1 amide bonds. The number of alkyl halides is 3. The lowest BCUT2D eigenvalue weighted by molar-refractivity contribution is -0.137. The lowest BCUT2D eigenvalue weighted by atomic mass is 10.0. The van der Waals surface area contributed by atoms with Crippen molar-refractivity contribution in [1.29, 1.82) is 0 Å². The van der Waals surface area contributed by atoms with Gasteiger partial charge in [0.15, 0.2) is 0 Å². The van der Waals surface area contributed by atoms with E-state index in [1.54, 1.807) is 6.07 Å². The molecule has 2 N–H and O–H groups in total. The topological polar surface area (TPSA) is 41.1 Å². The zero-order valence-electron chi connectivity index (χ0n) is 11.0. The molecule has 114 valence electrons. The quantitative estimate of drug-likeness (QED) is 0.783. The summed E-state index contributed by atoms with van der Waals surface area (Å²) in [5.74, 6) is -1.11. The first-order valence-electron chi connectivity index (χ1n) is 6.39. The molecule has 0 spiro atoms. The van der Waals surface area contributed by atoms with Crippen molar-refractivity contribution in [2.45, 2.75) is 12.2 Å². The number of hydrogen-bond acceptors (Lipinski definition) is 2. The van der Waals surface area contributed by atoms with E-state index in [4.69, 9.17) is 0 Å². The minimum Gasteiger partial charge on any atom is -0.368 e. The molecule has 0 bridgehead atoms. The van der Waals surface area contributed by atoms with Crippen LogP contribution in [0, 0.1) is 5.82 Å². The van der Waals surface area contributed by atoms with Gasteiger partial charge in [0.1, 0.15) is 17.5 Å². The molecule has 0 fully saturated rings. The number of carbonyl (C=O) groups is 1. The van der Waals surface area contributed by atoms with Gasteiger partial charge in [0.25, 0.3) is 5.91 Å². The third-order valence-electron chi connectivity index (χ3n) is 3.40. The van der Waals surface area contributed by atoms with Crippen LogP contribution in [-0.2, 0) is 11.0 Å². The number of rotatable bonds is 1. The molecule has 0 radical (unpaired) electrons. The van der Waals surface area contributed by atoms with E-state index >= 15 is 0 Å². The Kier molecular flexibility index (Phi) is 3.27. The fourth-order valence-electron chi connectivity index (χ4n) is 2.29. The molecule has 1 heterocycles. The van der Waals surface area contributed by atoms with E-state index in [9.17, 15) is 22.4 Å². The van der Waals surface area contributed by atoms with Gasteiger partial charge in [-0.3, -0.25) is 4.79 Å². The molecule has 7 heteroatoms. The molecule has 0 saturated heterocycles. The Morgan fingerprint density at radius 1 is 1.00 bits per heavy atom. The van der Waals surface area contributed by atoms with E-state index in [0.29, 0.717) is 11.3 Å². The van der Waals surface area contributed by atoms with Gasteiger partial charge in [-0.1, -0.05) is 18.2 Å². The second kappa shape index (κ2) is 5.01. The second-order valence-electron chi connectivity index (χ2n) is 4.85. The van der Waals surface area contributed by atoms with Crippen molar-refractivity contribution >= 4 is 17.3 Å². The van der Waals surface area contributed by atoms with Crippen molar-refractivity contribution in [1.82, 2.24) is 0 Å². The van der Waals surface area contributed by atoms with E-state index in [-0.39, 0.29) is 5.69 Å². The lowest BCUT2D eigenvalue weighted by Crippen LogP contribution is -2.32. The monoisotopic (exact) mass is 310 g/mol. The van der Waals surface area contributed by atoms with Crippen molar-refractivity contribution in [3.05, 3.63) is 59.4 Å². The van der Waals surface area contributed by atoms with Gasteiger partial charge >= 0.3 is 6.18 Å². The van der Waals surface area contributed by atoms with Gasteiger partial charge in [-0.25, -0.2) is 4.39 Å². The Bertz CT molecular complexity index is 725. The Morgan fingerprint density at radius 3 is 2.32 bits per heavy atom. The molecule has 2 aromatic rings. The molecule has 1 aliphatic rings. The molecule has 1 atom stereocenters. The summed E-state index contributed by atoms with van der Waals surface area (Å²) in [4.78, 5) is 12.0. The first-order valence-corrected chi connectivity index (χ1v) is 6.39. The number of carbonyl (C=O) groups excluding carboxylic acids is 1. The molecule has 3 rings (SSSR count). The summed E-state index contributed by atoms with van der Waals surface area (Å²) in [6.07, 6.45) is -4.43. The number of fused-ring (bicyclic) bond motifs is 1. The molecule has 3 nitrogen and oxygen atoms in total. The molecule has 1 aliphatic heterocycles. The molecule has 2 aromatic carbocycles. The number of nitrogens with one attached hydrogen (secondary N) is 2. The summed E-state index contributed by atoms with van der Waals surface area (Å²) in [5.41, 5.74) is -0.0144. The Hall–Kier alpha value is -2.57. The van der Waals surface area contributed by atoms with Gasteiger partial charge in [0.05, 0.1) is 11.3 Å². The molecule has 0 unspecified atom stereocenters. The number of hydrogen-bond donors (Lipinski definition) is 2. The number of anilines is 2. The summed E-state index contributed by atoms with van der Waals surface area (Å²) in [5, 5.41) is 5.25.